The molecule has 2 heterocycles. The van der Waals surface area contributed by atoms with Gasteiger partial charge in [-0.2, -0.15) is 4.98 Å². The van der Waals surface area contributed by atoms with Gasteiger partial charge in [0.25, 0.3) is 5.89 Å². The van der Waals surface area contributed by atoms with Crippen molar-refractivity contribution in [3.63, 3.8) is 0 Å². The minimum atomic E-state index is -0.232. The van der Waals surface area contributed by atoms with Crippen molar-refractivity contribution in [2.75, 3.05) is 12.0 Å². The second kappa shape index (κ2) is 9.59. The highest BCUT2D eigenvalue weighted by Gasteiger charge is 2.35. The van der Waals surface area contributed by atoms with Gasteiger partial charge < -0.3 is 14.6 Å². The maximum Gasteiger partial charge on any atom is 0.258 e. The molecule has 0 amide bonds. The van der Waals surface area contributed by atoms with Crippen molar-refractivity contribution in [1.82, 2.24) is 15.5 Å². The van der Waals surface area contributed by atoms with Crippen LogP contribution in [-0.2, 0) is 0 Å². The van der Waals surface area contributed by atoms with Crippen LogP contribution in [-0.4, -0.2) is 22.4 Å². The quantitative estimate of drug-likeness (QED) is 0.315. The van der Waals surface area contributed by atoms with Crippen LogP contribution >= 0.6 is 12.2 Å². The Morgan fingerprint density at radius 3 is 2.19 bits per heavy atom. The predicted molar refractivity (Wildman–Crippen MR) is 147 cm³/mol. The van der Waals surface area contributed by atoms with Crippen molar-refractivity contribution < 1.29 is 9.26 Å². The van der Waals surface area contributed by atoms with Gasteiger partial charge in [0.2, 0.25) is 5.82 Å². The number of nitrogens with zero attached hydrogens (tertiary/aromatic N) is 3. The first kappa shape index (κ1) is 23.8. The molecule has 1 N–H and O–H groups in total. The standard InChI is InChI=1S/C29H28N4O2S/c1-17-6-8-21(9-7-17)26-25(28-31-27(32-35-28)22-10-12-24(34-5)13-11-22)20(4)33(29(36)30-26)23-15-18(2)14-19(3)16-23/h6-16,26H,1-5H3,(H,30,36). The van der Waals surface area contributed by atoms with Gasteiger partial charge in [-0.3, -0.25) is 4.90 Å². The molecule has 1 aromatic heterocycles. The Hall–Kier alpha value is -3.97. The van der Waals surface area contributed by atoms with Crippen LogP contribution in [0.15, 0.2) is 77.0 Å². The summed E-state index contributed by atoms with van der Waals surface area (Å²) in [5.41, 5.74) is 8.28. The van der Waals surface area contributed by atoms with Gasteiger partial charge in [0.05, 0.1) is 18.7 Å². The zero-order valence-corrected chi connectivity index (χ0v) is 21.8. The number of ether oxygens (including phenoxy) is 1. The highest BCUT2D eigenvalue weighted by molar-refractivity contribution is 7.80. The number of rotatable bonds is 5. The molecule has 3 aromatic carbocycles. The summed E-state index contributed by atoms with van der Waals surface area (Å²) in [5, 5.41) is 8.46. The van der Waals surface area contributed by atoms with Crippen molar-refractivity contribution in [1.29, 1.82) is 0 Å². The summed E-state index contributed by atoms with van der Waals surface area (Å²) < 4.78 is 11.1. The average molecular weight is 497 g/mol. The Balaban J connectivity index is 1.64. The lowest BCUT2D eigenvalue weighted by molar-refractivity contribution is 0.404. The number of anilines is 1. The number of hydrogen-bond acceptors (Lipinski definition) is 5. The molecule has 0 bridgehead atoms. The molecule has 0 saturated heterocycles. The van der Waals surface area contributed by atoms with E-state index < -0.39 is 0 Å². The largest absolute Gasteiger partial charge is 0.497 e. The fourth-order valence-electron chi connectivity index (χ4n) is 4.61. The van der Waals surface area contributed by atoms with Crippen LogP contribution in [0.4, 0.5) is 5.69 Å². The second-order valence-electron chi connectivity index (χ2n) is 9.13. The second-order valence-corrected chi connectivity index (χ2v) is 9.51. The summed E-state index contributed by atoms with van der Waals surface area (Å²) in [4.78, 5) is 6.85. The lowest BCUT2D eigenvalue weighted by atomic mass is 9.94. The molecular weight excluding hydrogens is 468 g/mol. The van der Waals surface area contributed by atoms with Crippen molar-refractivity contribution in [3.05, 3.63) is 101 Å². The van der Waals surface area contributed by atoms with Gasteiger partial charge in [-0.25, -0.2) is 0 Å². The molecule has 36 heavy (non-hydrogen) atoms. The monoisotopic (exact) mass is 496 g/mol. The molecule has 1 aliphatic heterocycles. The third kappa shape index (κ3) is 4.50. The molecule has 1 unspecified atom stereocenters. The van der Waals surface area contributed by atoms with Crippen LogP contribution in [0, 0.1) is 20.8 Å². The van der Waals surface area contributed by atoms with E-state index in [4.69, 9.17) is 26.5 Å². The fraction of sp³-hybridized carbons (Fsp3) is 0.207. The van der Waals surface area contributed by atoms with Crippen LogP contribution in [0.1, 0.15) is 41.1 Å². The van der Waals surface area contributed by atoms with E-state index in [-0.39, 0.29) is 6.04 Å². The third-order valence-electron chi connectivity index (χ3n) is 6.36. The number of aromatic nitrogens is 2. The maximum atomic E-state index is 5.89. The molecule has 0 spiro atoms. The Morgan fingerprint density at radius 2 is 1.56 bits per heavy atom. The highest BCUT2D eigenvalue weighted by atomic mass is 32.1. The molecule has 1 aliphatic rings. The van der Waals surface area contributed by atoms with E-state index in [1.807, 2.05) is 29.2 Å². The van der Waals surface area contributed by atoms with E-state index in [9.17, 15) is 0 Å². The SMILES string of the molecule is COc1ccc(-c2noc(C3=C(C)N(c4cc(C)cc(C)c4)C(=S)NC3c3ccc(C)cc3)n2)cc1. The topological polar surface area (TPSA) is 63.4 Å². The smallest absolute Gasteiger partial charge is 0.258 e. The number of methoxy groups -OCH3 is 1. The van der Waals surface area contributed by atoms with Gasteiger partial charge in [-0.1, -0.05) is 41.1 Å². The Bertz CT molecular complexity index is 1440. The molecule has 182 valence electrons. The molecule has 0 aliphatic carbocycles. The average Bonchev–Trinajstić information content (AvgIpc) is 3.33. The predicted octanol–water partition coefficient (Wildman–Crippen LogP) is 6.54. The first-order chi connectivity index (χ1) is 17.3. The maximum absolute atomic E-state index is 5.89. The van der Waals surface area contributed by atoms with Gasteiger partial charge >= 0.3 is 0 Å². The molecule has 7 heteroatoms. The molecule has 6 nitrogen and oxygen atoms in total. The number of thiocarbonyl (C=S) groups is 1. The summed E-state index contributed by atoms with van der Waals surface area (Å²) in [5.74, 6) is 1.74. The summed E-state index contributed by atoms with van der Waals surface area (Å²) >= 11 is 5.89. The van der Waals surface area contributed by atoms with Gasteiger partial charge in [-0.15, -0.1) is 0 Å². The lowest BCUT2D eigenvalue weighted by Gasteiger charge is -2.37. The normalized spacial score (nSPS) is 15.8. The van der Waals surface area contributed by atoms with Gasteiger partial charge in [-0.05, 0) is 93.0 Å². The lowest BCUT2D eigenvalue weighted by Crippen LogP contribution is -2.46. The van der Waals surface area contributed by atoms with Crippen molar-refractivity contribution >= 4 is 28.6 Å². The third-order valence-corrected chi connectivity index (χ3v) is 6.67. The van der Waals surface area contributed by atoms with Crippen molar-refractivity contribution in [2.24, 2.45) is 0 Å². The number of aryl methyl sites for hydroxylation is 3. The number of allylic oxidation sites excluding steroid dienone is 1. The van der Waals surface area contributed by atoms with Crippen LogP contribution in [0.3, 0.4) is 0 Å². The zero-order chi connectivity index (χ0) is 25.4. The minimum Gasteiger partial charge on any atom is -0.497 e. The van der Waals surface area contributed by atoms with Crippen molar-refractivity contribution in [2.45, 2.75) is 33.7 Å². The molecule has 0 saturated carbocycles. The highest BCUT2D eigenvalue weighted by Crippen LogP contribution is 2.39. The van der Waals surface area contributed by atoms with Crippen LogP contribution in [0.2, 0.25) is 0 Å². The van der Waals surface area contributed by atoms with Gasteiger partial charge in [0.15, 0.2) is 5.11 Å². The zero-order valence-electron chi connectivity index (χ0n) is 21.0. The first-order valence-corrected chi connectivity index (χ1v) is 12.2. The molecule has 1 atom stereocenters. The number of nitrogens with one attached hydrogen (secondary N) is 1. The van der Waals surface area contributed by atoms with Crippen LogP contribution in [0.25, 0.3) is 17.0 Å². The molecule has 4 aromatic rings. The van der Waals surface area contributed by atoms with E-state index >= 15 is 0 Å². The van der Waals surface area contributed by atoms with E-state index in [2.05, 4.69) is 80.6 Å². The molecular formula is C29H28N4O2S. The van der Waals surface area contributed by atoms with E-state index in [0.29, 0.717) is 16.8 Å². The number of benzene rings is 3. The van der Waals surface area contributed by atoms with E-state index in [0.717, 1.165) is 33.8 Å². The molecule has 5 rings (SSSR count). The summed E-state index contributed by atoms with van der Waals surface area (Å²) in [6, 6.07) is 22.2. The Kier molecular flexibility index (Phi) is 6.33. The van der Waals surface area contributed by atoms with Gasteiger partial charge in [0.1, 0.15) is 5.75 Å². The Morgan fingerprint density at radius 1 is 0.889 bits per heavy atom. The van der Waals surface area contributed by atoms with Crippen molar-refractivity contribution in [3.8, 4) is 17.1 Å². The van der Waals surface area contributed by atoms with E-state index in [1.54, 1.807) is 7.11 Å². The van der Waals surface area contributed by atoms with Gasteiger partial charge in [0, 0.05) is 16.9 Å². The number of hydrogen-bond donors (Lipinski definition) is 1. The summed E-state index contributed by atoms with van der Waals surface area (Å²) in [7, 11) is 1.64. The molecule has 0 fully saturated rings. The molecule has 0 radical (unpaired) electrons. The Labute approximate surface area is 216 Å². The summed E-state index contributed by atoms with van der Waals surface area (Å²) in [6.07, 6.45) is 0. The van der Waals surface area contributed by atoms with Crippen LogP contribution < -0.4 is 15.0 Å². The van der Waals surface area contributed by atoms with Crippen LogP contribution in [0.5, 0.6) is 5.75 Å². The fourth-order valence-corrected chi connectivity index (χ4v) is 4.97. The summed E-state index contributed by atoms with van der Waals surface area (Å²) in [6.45, 7) is 8.31. The minimum absolute atomic E-state index is 0.232. The first-order valence-electron chi connectivity index (χ1n) is 11.8. The van der Waals surface area contributed by atoms with E-state index in [1.165, 1.54) is 16.7 Å².